The third-order valence-electron chi connectivity index (χ3n) is 2.62. The molecular formula is C13H10BrN3O. The lowest BCUT2D eigenvalue weighted by Gasteiger charge is -1.97. The van der Waals surface area contributed by atoms with E-state index in [9.17, 15) is 0 Å². The van der Waals surface area contributed by atoms with Gasteiger partial charge in [-0.2, -0.15) is 0 Å². The van der Waals surface area contributed by atoms with E-state index in [0.717, 1.165) is 26.8 Å². The summed E-state index contributed by atoms with van der Waals surface area (Å²) in [5.74, 6) is 0.584. The van der Waals surface area contributed by atoms with Crippen molar-refractivity contribution in [2.45, 2.75) is 6.54 Å². The van der Waals surface area contributed by atoms with Crippen molar-refractivity contribution in [3.05, 3.63) is 46.7 Å². The van der Waals surface area contributed by atoms with Gasteiger partial charge in [0.25, 0.3) is 0 Å². The molecule has 90 valence electrons. The molecule has 3 aromatic rings. The van der Waals surface area contributed by atoms with Crippen molar-refractivity contribution in [3.8, 4) is 11.5 Å². The molecule has 2 heterocycles. The van der Waals surface area contributed by atoms with E-state index in [1.54, 1.807) is 6.20 Å². The summed E-state index contributed by atoms with van der Waals surface area (Å²) >= 11 is 3.41. The topological polar surface area (TPSA) is 64.9 Å². The van der Waals surface area contributed by atoms with Crippen molar-refractivity contribution < 1.29 is 4.42 Å². The highest BCUT2D eigenvalue weighted by atomic mass is 79.9. The molecule has 2 aromatic heterocycles. The van der Waals surface area contributed by atoms with Gasteiger partial charge in [0.2, 0.25) is 5.89 Å². The Morgan fingerprint density at radius 2 is 2.11 bits per heavy atom. The van der Waals surface area contributed by atoms with Gasteiger partial charge in [-0.15, -0.1) is 0 Å². The highest BCUT2D eigenvalue weighted by Crippen LogP contribution is 2.26. The smallest absolute Gasteiger partial charge is 0.227 e. The molecule has 0 amide bonds. The van der Waals surface area contributed by atoms with Crippen molar-refractivity contribution in [1.29, 1.82) is 0 Å². The second kappa shape index (κ2) is 4.51. The van der Waals surface area contributed by atoms with Gasteiger partial charge in [0.05, 0.1) is 5.69 Å². The van der Waals surface area contributed by atoms with E-state index in [-0.39, 0.29) is 0 Å². The SMILES string of the molecule is NCc1cc(-c2nc3cc(Br)ccc3o2)ccn1. The number of benzene rings is 1. The zero-order valence-electron chi connectivity index (χ0n) is 9.43. The molecule has 0 aliphatic carbocycles. The van der Waals surface area contributed by atoms with Gasteiger partial charge in [0.15, 0.2) is 5.58 Å². The van der Waals surface area contributed by atoms with Crippen LogP contribution in [0.2, 0.25) is 0 Å². The molecule has 4 nitrogen and oxygen atoms in total. The summed E-state index contributed by atoms with van der Waals surface area (Å²) in [7, 11) is 0. The molecule has 18 heavy (non-hydrogen) atoms. The molecule has 0 saturated heterocycles. The molecule has 5 heteroatoms. The number of hydrogen-bond acceptors (Lipinski definition) is 4. The fourth-order valence-corrected chi connectivity index (χ4v) is 2.10. The third kappa shape index (κ3) is 2.02. The predicted octanol–water partition coefficient (Wildman–Crippen LogP) is 3.11. The van der Waals surface area contributed by atoms with Gasteiger partial charge >= 0.3 is 0 Å². The van der Waals surface area contributed by atoms with Crippen LogP contribution in [0.1, 0.15) is 5.69 Å². The molecule has 1 aromatic carbocycles. The lowest BCUT2D eigenvalue weighted by atomic mass is 10.2. The molecule has 0 saturated carbocycles. The Hall–Kier alpha value is -1.72. The summed E-state index contributed by atoms with van der Waals surface area (Å²) < 4.78 is 6.69. The largest absolute Gasteiger partial charge is 0.436 e. The van der Waals surface area contributed by atoms with Crippen LogP contribution < -0.4 is 5.73 Å². The Labute approximate surface area is 112 Å². The lowest BCUT2D eigenvalue weighted by molar-refractivity contribution is 0.619. The molecule has 0 fully saturated rings. The van der Waals surface area contributed by atoms with Gasteiger partial charge < -0.3 is 10.2 Å². The maximum atomic E-state index is 5.71. The predicted molar refractivity (Wildman–Crippen MR) is 72.8 cm³/mol. The minimum atomic E-state index is 0.402. The Balaban J connectivity index is 2.13. The van der Waals surface area contributed by atoms with Crippen LogP contribution in [0, 0.1) is 0 Å². The average Bonchev–Trinajstić information content (AvgIpc) is 2.81. The van der Waals surface area contributed by atoms with Gasteiger partial charge in [-0.1, -0.05) is 15.9 Å². The highest BCUT2D eigenvalue weighted by Gasteiger charge is 2.09. The highest BCUT2D eigenvalue weighted by molar-refractivity contribution is 9.10. The maximum Gasteiger partial charge on any atom is 0.227 e. The first-order valence-corrected chi connectivity index (χ1v) is 6.27. The molecule has 0 unspecified atom stereocenters. The van der Waals surface area contributed by atoms with Gasteiger partial charge in [-0.25, -0.2) is 4.98 Å². The van der Waals surface area contributed by atoms with Gasteiger partial charge in [0, 0.05) is 22.8 Å². The Morgan fingerprint density at radius 3 is 2.94 bits per heavy atom. The minimum absolute atomic E-state index is 0.402. The standard InChI is InChI=1S/C13H10BrN3O/c14-9-1-2-12-11(6-9)17-13(18-12)8-3-4-16-10(5-8)7-15/h1-6H,7,15H2. The van der Waals surface area contributed by atoms with Crippen LogP contribution in [-0.2, 0) is 6.54 Å². The van der Waals surface area contributed by atoms with E-state index < -0.39 is 0 Å². The lowest BCUT2D eigenvalue weighted by Crippen LogP contribution is -1.98. The summed E-state index contributed by atoms with van der Waals surface area (Å²) in [6.45, 7) is 0.402. The maximum absolute atomic E-state index is 5.71. The second-order valence-electron chi connectivity index (χ2n) is 3.87. The van der Waals surface area contributed by atoms with Crippen LogP contribution in [0.3, 0.4) is 0 Å². The fraction of sp³-hybridized carbons (Fsp3) is 0.0769. The van der Waals surface area contributed by atoms with Crippen molar-refractivity contribution in [3.63, 3.8) is 0 Å². The molecule has 3 rings (SSSR count). The number of pyridine rings is 1. The number of rotatable bonds is 2. The molecule has 0 aliphatic heterocycles. The number of nitrogens with two attached hydrogens (primary N) is 1. The molecule has 2 N–H and O–H groups in total. The Bertz CT molecular complexity index is 708. The zero-order valence-corrected chi connectivity index (χ0v) is 11.0. The number of halogens is 1. The fourth-order valence-electron chi connectivity index (χ4n) is 1.75. The van der Waals surface area contributed by atoms with Crippen molar-refractivity contribution in [2.24, 2.45) is 5.73 Å². The first-order chi connectivity index (χ1) is 8.76. The number of hydrogen-bond donors (Lipinski definition) is 1. The second-order valence-corrected chi connectivity index (χ2v) is 4.79. The summed E-state index contributed by atoms with van der Waals surface area (Å²) in [4.78, 5) is 8.60. The first-order valence-electron chi connectivity index (χ1n) is 5.48. The van der Waals surface area contributed by atoms with E-state index in [1.807, 2.05) is 30.3 Å². The molecule has 0 radical (unpaired) electrons. The van der Waals surface area contributed by atoms with Crippen molar-refractivity contribution >= 4 is 27.0 Å². The monoisotopic (exact) mass is 303 g/mol. The molecule has 0 atom stereocenters. The van der Waals surface area contributed by atoms with E-state index in [0.29, 0.717) is 12.4 Å². The summed E-state index contributed by atoms with van der Waals surface area (Å²) in [6, 6.07) is 9.49. The van der Waals surface area contributed by atoms with Crippen LogP contribution in [0.5, 0.6) is 0 Å². The van der Waals surface area contributed by atoms with Gasteiger partial charge in [-0.3, -0.25) is 4.98 Å². The number of fused-ring (bicyclic) bond motifs is 1. The molecule has 0 spiro atoms. The summed E-state index contributed by atoms with van der Waals surface area (Å²) in [6.07, 6.45) is 1.71. The quantitative estimate of drug-likeness (QED) is 0.790. The van der Waals surface area contributed by atoms with E-state index in [2.05, 4.69) is 25.9 Å². The van der Waals surface area contributed by atoms with Crippen LogP contribution in [0.4, 0.5) is 0 Å². The molecular weight excluding hydrogens is 294 g/mol. The van der Waals surface area contributed by atoms with E-state index in [1.165, 1.54) is 0 Å². The number of nitrogens with zero attached hydrogens (tertiary/aromatic N) is 2. The Morgan fingerprint density at radius 1 is 1.22 bits per heavy atom. The first kappa shape index (κ1) is 11.4. The summed E-state index contributed by atoms with van der Waals surface area (Å²) in [5.41, 5.74) is 8.86. The number of oxazole rings is 1. The normalized spacial score (nSPS) is 11.0. The van der Waals surface area contributed by atoms with Crippen molar-refractivity contribution in [1.82, 2.24) is 9.97 Å². The third-order valence-corrected chi connectivity index (χ3v) is 3.12. The minimum Gasteiger partial charge on any atom is -0.436 e. The summed E-state index contributed by atoms with van der Waals surface area (Å²) in [5, 5.41) is 0. The van der Waals surface area contributed by atoms with Gasteiger partial charge in [0.1, 0.15) is 5.52 Å². The van der Waals surface area contributed by atoms with Crippen LogP contribution in [-0.4, -0.2) is 9.97 Å². The van der Waals surface area contributed by atoms with Crippen LogP contribution in [0.15, 0.2) is 45.4 Å². The van der Waals surface area contributed by atoms with Crippen LogP contribution in [0.25, 0.3) is 22.6 Å². The Kier molecular flexibility index (Phi) is 2.85. The van der Waals surface area contributed by atoms with E-state index >= 15 is 0 Å². The van der Waals surface area contributed by atoms with Crippen molar-refractivity contribution in [2.75, 3.05) is 0 Å². The molecule has 0 aliphatic rings. The zero-order chi connectivity index (χ0) is 12.5. The van der Waals surface area contributed by atoms with Crippen LogP contribution >= 0.6 is 15.9 Å². The number of aromatic nitrogens is 2. The molecule has 0 bridgehead atoms. The average molecular weight is 304 g/mol. The van der Waals surface area contributed by atoms with E-state index in [4.69, 9.17) is 10.2 Å². The van der Waals surface area contributed by atoms with Gasteiger partial charge in [-0.05, 0) is 30.3 Å².